The molecule has 1 aliphatic rings. The summed E-state index contributed by atoms with van der Waals surface area (Å²) in [5, 5.41) is 0. The van der Waals surface area contributed by atoms with Gasteiger partial charge < -0.3 is 4.90 Å². The quantitative estimate of drug-likeness (QED) is 0.820. The zero-order chi connectivity index (χ0) is 13.4. The second kappa shape index (κ2) is 4.69. The van der Waals surface area contributed by atoms with Crippen LogP contribution in [0.4, 0.5) is 5.82 Å². The van der Waals surface area contributed by atoms with Gasteiger partial charge in [0, 0.05) is 25.9 Å². The first-order chi connectivity index (χ1) is 9.15. The number of hydrogen-bond donors (Lipinski definition) is 0. The number of aromatic nitrogens is 1. The van der Waals surface area contributed by atoms with E-state index in [1.165, 1.54) is 35.1 Å². The lowest BCUT2D eigenvalue weighted by Gasteiger charge is -2.15. The standard InChI is InChI=1S/C17H20N2/c1-12-9-16(11-18-17(12)19(2)3)15-6-4-5-14(10-15)13-7-8-13/h4-6,9-11,13H,7-8H2,1-3H3. The fourth-order valence-corrected chi connectivity index (χ4v) is 2.58. The van der Waals surface area contributed by atoms with Crippen molar-refractivity contribution in [3.05, 3.63) is 47.7 Å². The van der Waals surface area contributed by atoms with E-state index in [1.807, 2.05) is 20.3 Å². The molecule has 1 aromatic carbocycles. The summed E-state index contributed by atoms with van der Waals surface area (Å²) in [5.74, 6) is 1.84. The smallest absolute Gasteiger partial charge is 0.130 e. The van der Waals surface area contributed by atoms with Gasteiger partial charge in [-0.1, -0.05) is 24.3 Å². The second-order valence-corrected chi connectivity index (χ2v) is 5.66. The number of pyridine rings is 1. The minimum absolute atomic E-state index is 0.801. The summed E-state index contributed by atoms with van der Waals surface area (Å²) in [5.41, 5.74) is 5.20. The van der Waals surface area contributed by atoms with E-state index in [1.54, 1.807) is 0 Å². The Labute approximate surface area is 115 Å². The Morgan fingerprint density at radius 3 is 2.53 bits per heavy atom. The molecule has 3 rings (SSSR count). The first kappa shape index (κ1) is 12.2. The molecular formula is C17H20N2. The normalized spacial score (nSPS) is 14.5. The highest BCUT2D eigenvalue weighted by molar-refractivity contribution is 5.66. The van der Waals surface area contributed by atoms with E-state index in [-0.39, 0.29) is 0 Å². The van der Waals surface area contributed by atoms with Crippen LogP contribution in [0.1, 0.15) is 29.9 Å². The lowest BCUT2D eigenvalue weighted by atomic mass is 10.0. The molecule has 0 aliphatic heterocycles. The molecule has 0 radical (unpaired) electrons. The van der Waals surface area contributed by atoms with Crippen molar-refractivity contribution in [3.8, 4) is 11.1 Å². The molecule has 1 aromatic heterocycles. The number of nitrogens with zero attached hydrogens (tertiary/aromatic N) is 2. The highest BCUT2D eigenvalue weighted by Gasteiger charge is 2.23. The van der Waals surface area contributed by atoms with Gasteiger partial charge >= 0.3 is 0 Å². The first-order valence-electron chi connectivity index (χ1n) is 6.89. The molecule has 2 nitrogen and oxygen atoms in total. The molecule has 1 aliphatic carbocycles. The van der Waals surface area contributed by atoms with Crippen molar-refractivity contribution < 1.29 is 0 Å². The van der Waals surface area contributed by atoms with Crippen LogP contribution < -0.4 is 4.90 Å². The Kier molecular flexibility index (Phi) is 3.02. The summed E-state index contributed by atoms with van der Waals surface area (Å²) in [6, 6.07) is 11.1. The third-order valence-corrected chi connectivity index (χ3v) is 3.74. The van der Waals surface area contributed by atoms with E-state index in [2.05, 4.69) is 47.1 Å². The highest BCUT2D eigenvalue weighted by Crippen LogP contribution is 2.41. The number of rotatable bonds is 3. The van der Waals surface area contributed by atoms with E-state index in [0.717, 1.165) is 11.7 Å². The van der Waals surface area contributed by atoms with Gasteiger partial charge in [0.25, 0.3) is 0 Å². The predicted octanol–water partition coefficient (Wildman–Crippen LogP) is 4.00. The Balaban J connectivity index is 1.97. The summed E-state index contributed by atoms with van der Waals surface area (Å²) in [6.45, 7) is 2.12. The van der Waals surface area contributed by atoms with Crippen LogP contribution in [0, 0.1) is 6.92 Å². The Morgan fingerprint density at radius 1 is 1.11 bits per heavy atom. The fourth-order valence-electron chi connectivity index (χ4n) is 2.58. The van der Waals surface area contributed by atoms with Crippen LogP contribution in [0.3, 0.4) is 0 Å². The lowest BCUT2D eigenvalue weighted by Crippen LogP contribution is -2.12. The van der Waals surface area contributed by atoms with Gasteiger partial charge in [-0.15, -0.1) is 0 Å². The van der Waals surface area contributed by atoms with Gasteiger partial charge in [-0.3, -0.25) is 0 Å². The van der Waals surface area contributed by atoms with Gasteiger partial charge in [0.15, 0.2) is 0 Å². The van der Waals surface area contributed by atoms with Crippen LogP contribution in [-0.4, -0.2) is 19.1 Å². The average Bonchev–Trinajstić information content (AvgIpc) is 3.22. The van der Waals surface area contributed by atoms with E-state index < -0.39 is 0 Å². The van der Waals surface area contributed by atoms with Gasteiger partial charge in [-0.2, -0.15) is 0 Å². The largest absolute Gasteiger partial charge is 0.363 e. The molecule has 1 fully saturated rings. The summed E-state index contributed by atoms with van der Waals surface area (Å²) in [6.07, 6.45) is 4.68. The topological polar surface area (TPSA) is 16.1 Å². The summed E-state index contributed by atoms with van der Waals surface area (Å²) >= 11 is 0. The summed E-state index contributed by atoms with van der Waals surface area (Å²) in [7, 11) is 4.06. The molecular weight excluding hydrogens is 232 g/mol. The molecule has 0 atom stereocenters. The van der Waals surface area contributed by atoms with Gasteiger partial charge in [0.2, 0.25) is 0 Å². The number of anilines is 1. The molecule has 1 heterocycles. The SMILES string of the molecule is Cc1cc(-c2cccc(C3CC3)c2)cnc1N(C)C. The minimum Gasteiger partial charge on any atom is -0.363 e. The molecule has 0 saturated heterocycles. The third-order valence-electron chi connectivity index (χ3n) is 3.74. The number of benzene rings is 1. The van der Waals surface area contributed by atoms with Crippen LogP contribution in [0.5, 0.6) is 0 Å². The van der Waals surface area contributed by atoms with Gasteiger partial charge in [-0.25, -0.2) is 4.98 Å². The van der Waals surface area contributed by atoms with Crippen molar-refractivity contribution >= 4 is 5.82 Å². The molecule has 1 saturated carbocycles. The summed E-state index contributed by atoms with van der Waals surface area (Å²) in [4.78, 5) is 6.63. The molecule has 0 unspecified atom stereocenters. The van der Waals surface area contributed by atoms with E-state index >= 15 is 0 Å². The Hall–Kier alpha value is -1.83. The minimum atomic E-state index is 0.801. The molecule has 0 bridgehead atoms. The molecule has 19 heavy (non-hydrogen) atoms. The van der Waals surface area contributed by atoms with E-state index in [4.69, 9.17) is 0 Å². The average molecular weight is 252 g/mol. The molecule has 2 heteroatoms. The van der Waals surface area contributed by atoms with Gasteiger partial charge in [-0.05, 0) is 48.4 Å². The second-order valence-electron chi connectivity index (χ2n) is 5.66. The van der Waals surface area contributed by atoms with Crippen molar-refractivity contribution in [2.24, 2.45) is 0 Å². The van der Waals surface area contributed by atoms with E-state index in [9.17, 15) is 0 Å². The lowest BCUT2D eigenvalue weighted by molar-refractivity contribution is 1.05. The maximum Gasteiger partial charge on any atom is 0.130 e. The Bertz CT molecular complexity index is 598. The first-order valence-corrected chi connectivity index (χ1v) is 6.89. The van der Waals surface area contributed by atoms with Crippen LogP contribution >= 0.6 is 0 Å². The molecule has 0 spiro atoms. The Morgan fingerprint density at radius 2 is 1.89 bits per heavy atom. The van der Waals surface area contributed by atoms with Crippen LogP contribution in [0.2, 0.25) is 0 Å². The maximum atomic E-state index is 4.57. The zero-order valence-electron chi connectivity index (χ0n) is 11.9. The molecule has 98 valence electrons. The number of aryl methyl sites for hydroxylation is 1. The fraction of sp³-hybridized carbons (Fsp3) is 0.353. The van der Waals surface area contributed by atoms with Crippen molar-refractivity contribution in [2.45, 2.75) is 25.7 Å². The molecule has 2 aromatic rings. The van der Waals surface area contributed by atoms with Crippen LogP contribution in [0.25, 0.3) is 11.1 Å². The van der Waals surface area contributed by atoms with Crippen LogP contribution in [-0.2, 0) is 0 Å². The predicted molar refractivity (Wildman–Crippen MR) is 80.7 cm³/mol. The van der Waals surface area contributed by atoms with Crippen molar-refractivity contribution in [1.29, 1.82) is 0 Å². The maximum absolute atomic E-state index is 4.57. The van der Waals surface area contributed by atoms with E-state index in [0.29, 0.717) is 0 Å². The third kappa shape index (κ3) is 2.48. The van der Waals surface area contributed by atoms with Crippen LogP contribution in [0.15, 0.2) is 36.5 Å². The van der Waals surface area contributed by atoms with Crippen molar-refractivity contribution in [2.75, 3.05) is 19.0 Å². The van der Waals surface area contributed by atoms with Crippen molar-refractivity contribution in [3.63, 3.8) is 0 Å². The van der Waals surface area contributed by atoms with Gasteiger partial charge in [0.1, 0.15) is 5.82 Å². The number of hydrogen-bond acceptors (Lipinski definition) is 2. The zero-order valence-corrected chi connectivity index (χ0v) is 11.9. The molecule has 0 amide bonds. The molecule has 0 N–H and O–H groups in total. The highest BCUT2D eigenvalue weighted by atomic mass is 15.1. The van der Waals surface area contributed by atoms with Crippen molar-refractivity contribution in [1.82, 2.24) is 4.98 Å². The van der Waals surface area contributed by atoms with Gasteiger partial charge in [0.05, 0.1) is 0 Å². The summed E-state index contributed by atoms with van der Waals surface area (Å²) < 4.78 is 0. The monoisotopic (exact) mass is 252 g/mol.